The average Bonchev–Trinajstić information content (AvgIpc) is 3.18. The molecule has 3 rings (SSSR count). The lowest BCUT2D eigenvalue weighted by Crippen LogP contribution is -2.57. The first kappa shape index (κ1) is 26.9. The number of nitrogens with one attached hydrogen (secondary N) is 1. The third-order valence-corrected chi connectivity index (χ3v) is 7.12. The number of benzene rings is 2. The third-order valence-electron chi connectivity index (χ3n) is 5.84. The van der Waals surface area contributed by atoms with Crippen molar-refractivity contribution in [1.82, 2.24) is 10.2 Å². The Hall–Kier alpha value is -2.74. The van der Waals surface area contributed by atoms with Crippen molar-refractivity contribution in [2.24, 2.45) is 5.41 Å². The lowest BCUT2D eigenvalue weighted by Gasteiger charge is -2.35. The molecule has 7 nitrogen and oxygen atoms in total. The van der Waals surface area contributed by atoms with E-state index in [1.165, 1.54) is 7.11 Å². The Kier molecular flexibility index (Phi) is 8.04. The van der Waals surface area contributed by atoms with Gasteiger partial charge in [0.25, 0.3) is 0 Å². The summed E-state index contributed by atoms with van der Waals surface area (Å²) in [4.78, 5) is 41.7. The number of hydrogen-bond acceptors (Lipinski definition) is 6. The van der Waals surface area contributed by atoms with Gasteiger partial charge < -0.3 is 19.7 Å². The Labute approximate surface area is 211 Å². The number of likely N-dealkylation sites (tertiary alicyclic amines) is 1. The summed E-state index contributed by atoms with van der Waals surface area (Å²) in [5, 5.41) is 5.02. The molecule has 1 aliphatic heterocycles. The van der Waals surface area contributed by atoms with Gasteiger partial charge in [0.05, 0.1) is 7.11 Å². The highest BCUT2D eigenvalue weighted by Crippen LogP contribution is 2.38. The summed E-state index contributed by atoms with van der Waals surface area (Å²) < 4.78 is 10.4. The van der Waals surface area contributed by atoms with Gasteiger partial charge in [-0.3, -0.25) is 4.79 Å². The maximum absolute atomic E-state index is 13.8. The first-order chi connectivity index (χ1) is 16.3. The number of fused-ring (bicyclic) bond motifs is 1. The number of amides is 2. The minimum atomic E-state index is -0.870. The highest BCUT2D eigenvalue weighted by Gasteiger charge is 2.46. The highest BCUT2D eigenvalue weighted by molar-refractivity contribution is 8.00. The van der Waals surface area contributed by atoms with Gasteiger partial charge in [-0.1, -0.05) is 57.2 Å². The van der Waals surface area contributed by atoms with Gasteiger partial charge >= 0.3 is 12.1 Å². The summed E-state index contributed by atoms with van der Waals surface area (Å²) in [7, 11) is 1.33. The van der Waals surface area contributed by atoms with Crippen LogP contribution in [-0.4, -0.2) is 59.5 Å². The number of ether oxygens (including phenoxy) is 2. The van der Waals surface area contributed by atoms with E-state index in [0.29, 0.717) is 13.0 Å². The molecule has 1 aliphatic rings. The van der Waals surface area contributed by atoms with Crippen LogP contribution in [0.3, 0.4) is 0 Å². The first-order valence-electron chi connectivity index (χ1n) is 11.8. The van der Waals surface area contributed by atoms with E-state index in [1.807, 2.05) is 39.0 Å². The lowest BCUT2D eigenvalue weighted by atomic mass is 9.85. The van der Waals surface area contributed by atoms with E-state index in [4.69, 9.17) is 9.47 Å². The van der Waals surface area contributed by atoms with Crippen LogP contribution in [0.5, 0.6) is 0 Å². The van der Waals surface area contributed by atoms with Gasteiger partial charge in [-0.2, -0.15) is 0 Å². The van der Waals surface area contributed by atoms with Gasteiger partial charge in [-0.15, -0.1) is 11.8 Å². The molecule has 190 valence electrons. The predicted octanol–water partition coefficient (Wildman–Crippen LogP) is 5.01. The number of nitrogens with zero attached hydrogens (tertiary/aromatic N) is 1. The van der Waals surface area contributed by atoms with Crippen LogP contribution in [0, 0.1) is 5.41 Å². The largest absolute Gasteiger partial charge is 0.467 e. The molecule has 1 saturated heterocycles. The molecule has 0 radical (unpaired) electrons. The van der Waals surface area contributed by atoms with Crippen molar-refractivity contribution in [3.05, 3.63) is 42.5 Å². The standard InChI is InChI=1S/C27H36N2O5S/c1-26(2,3)22(28-25(32)34-27(4,5)6)23(30)29-16-18(15-20(29)24(31)33-7)35-21-14-10-12-17-11-8-9-13-19(17)21/h8-14,18,20,22H,15-16H2,1-7H3,(H,28,32)/t18-,20+,22-/m1/s1. The molecule has 2 aromatic carbocycles. The topological polar surface area (TPSA) is 84.9 Å². The normalized spacial score (nSPS) is 19.3. The van der Waals surface area contributed by atoms with Crippen molar-refractivity contribution in [2.75, 3.05) is 13.7 Å². The second kappa shape index (κ2) is 10.5. The van der Waals surface area contributed by atoms with Gasteiger partial charge in [0, 0.05) is 16.7 Å². The zero-order chi connectivity index (χ0) is 26.0. The lowest BCUT2D eigenvalue weighted by molar-refractivity contribution is -0.152. The van der Waals surface area contributed by atoms with E-state index < -0.39 is 35.2 Å². The van der Waals surface area contributed by atoms with Crippen LogP contribution < -0.4 is 5.32 Å². The number of hydrogen-bond donors (Lipinski definition) is 1. The highest BCUT2D eigenvalue weighted by atomic mass is 32.2. The number of carbonyl (C=O) groups excluding carboxylic acids is 3. The van der Waals surface area contributed by atoms with Crippen LogP contribution in [-0.2, 0) is 19.1 Å². The molecular formula is C27H36N2O5S. The SMILES string of the molecule is COC(=O)[C@@H]1C[C@@H](Sc2cccc3ccccc23)CN1C(=O)[C@@H](NC(=O)OC(C)(C)C)C(C)(C)C. The fourth-order valence-electron chi connectivity index (χ4n) is 4.20. The maximum Gasteiger partial charge on any atom is 0.408 e. The van der Waals surface area contributed by atoms with Gasteiger partial charge in [-0.25, -0.2) is 9.59 Å². The first-order valence-corrected chi connectivity index (χ1v) is 12.7. The molecule has 0 saturated carbocycles. The van der Waals surface area contributed by atoms with Crippen LogP contribution in [0.1, 0.15) is 48.0 Å². The minimum Gasteiger partial charge on any atom is -0.467 e. The molecule has 1 fully saturated rings. The van der Waals surface area contributed by atoms with Crippen molar-refractivity contribution in [3.63, 3.8) is 0 Å². The zero-order valence-electron chi connectivity index (χ0n) is 21.6. The number of esters is 1. The molecule has 0 spiro atoms. The number of methoxy groups -OCH3 is 1. The number of rotatable bonds is 5. The summed E-state index contributed by atoms with van der Waals surface area (Å²) in [6, 6.07) is 12.7. The van der Waals surface area contributed by atoms with Crippen molar-refractivity contribution < 1.29 is 23.9 Å². The summed E-state index contributed by atoms with van der Waals surface area (Å²) in [6.07, 6.45) is -0.198. The van der Waals surface area contributed by atoms with Crippen LogP contribution in [0.2, 0.25) is 0 Å². The monoisotopic (exact) mass is 500 g/mol. The van der Waals surface area contributed by atoms with Crippen LogP contribution in [0.4, 0.5) is 4.79 Å². The van der Waals surface area contributed by atoms with Crippen LogP contribution >= 0.6 is 11.8 Å². The molecule has 3 atom stereocenters. The van der Waals surface area contributed by atoms with E-state index in [9.17, 15) is 14.4 Å². The summed E-state index contributed by atoms with van der Waals surface area (Å²) in [5.41, 5.74) is -1.30. The Morgan fingerprint density at radius 1 is 1.03 bits per heavy atom. The third kappa shape index (κ3) is 6.69. The Morgan fingerprint density at radius 3 is 2.31 bits per heavy atom. The molecule has 2 aromatic rings. The quantitative estimate of drug-likeness (QED) is 0.581. The van der Waals surface area contributed by atoms with Crippen molar-refractivity contribution in [3.8, 4) is 0 Å². The van der Waals surface area contributed by atoms with Gasteiger partial charge in [0.1, 0.15) is 17.7 Å². The van der Waals surface area contributed by atoms with Gasteiger partial charge in [0.15, 0.2) is 0 Å². The maximum atomic E-state index is 13.8. The molecule has 0 unspecified atom stereocenters. The van der Waals surface area contributed by atoms with Crippen molar-refractivity contribution in [2.45, 2.75) is 75.8 Å². The minimum absolute atomic E-state index is 0.00370. The Morgan fingerprint density at radius 2 is 1.69 bits per heavy atom. The average molecular weight is 501 g/mol. The number of carbonyl (C=O) groups is 3. The molecule has 2 amide bonds. The Balaban J connectivity index is 1.85. The Bertz CT molecular complexity index is 1080. The molecule has 0 bridgehead atoms. The summed E-state index contributed by atoms with van der Waals surface area (Å²) in [5.74, 6) is -0.774. The second-order valence-electron chi connectivity index (χ2n) is 10.9. The van der Waals surface area contributed by atoms with E-state index in [2.05, 4.69) is 29.6 Å². The van der Waals surface area contributed by atoms with Gasteiger partial charge in [0.2, 0.25) is 5.91 Å². The van der Waals surface area contributed by atoms with Gasteiger partial charge in [-0.05, 0) is 49.4 Å². The zero-order valence-corrected chi connectivity index (χ0v) is 22.4. The predicted molar refractivity (Wildman–Crippen MR) is 138 cm³/mol. The van der Waals surface area contributed by atoms with E-state index in [-0.39, 0.29) is 11.2 Å². The molecular weight excluding hydrogens is 464 g/mol. The summed E-state index contributed by atoms with van der Waals surface area (Å²) in [6.45, 7) is 11.3. The summed E-state index contributed by atoms with van der Waals surface area (Å²) >= 11 is 1.66. The van der Waals surface area contributed by atoms with E-state index in [0.717, 1.165) is 15.7 Å². The smallest absolute Gasteiger partial charge is 0.408 e. The fraction of sp³-hybridized carbons (Fsp3) is 0.519. The fourth-order valence-corrected chi connectivity index (χ4v) is 5.55. The van der Waals surface area contributed by atoms with E-state index >= 15 is 0 Å². The molecule has 8 heteroatoms. The van der Waals surface area contributed by atoms with Crippen LogP contribution in [0.15, 0.2) is 47.4 Å². The molecule has 0 aliphatic carbocycles. The number of alkyl carbamates (subject to hydrolysis) is 1. The van der Waals surface area contributed by atoms with E-state index in [1.54, 1.807) is 37.4 Å². The van der Waals surface area contributed by atoms with Crippen molar-refractivity contribution in [1.29, 1.82) is 0 Å². The number of thioether (sulfide) groups is 1. The van der Waals surface area contributed by atoms with Crippen LogP contribution in [0.25, 0.3) is 10.8 Å². The second-order valence-corrected chi connectivity index (χ2v) is 12.3. The molecule has 1 N–H and O–H groups in total. The molecule has 1 heterocycles. The van der Waals surface area contributed by atoms with Crippen molar-refractivity contribution >= 4 is 40.5 Å². The molecule has 35 heavy (non-hydrogen) atoms. The molecule has 0 aromatic heterocycles.